The largest absolute Gasteiger partial charge is 0.481 e. The summed E-state index contributed by atoms with van der Waals surface area (Å²) < 4.78 is 0. The molecule has 1 rings (SSSR count). The predicted molar refractivity (Wildman–Crippen MR) is 65.0 cm³/mol. The Bertz CT molecular complexity index is 391. The fraction of sp³-hybridized carbons (Fsp3) is 0.545. The fourth-order valence-electron chi connectivity index (χ4n) is 1.47. The number of amides is 2. The summed E-state index contributed by atoms with van der Waals surface area (Å²) >= 11 is 0. The van der Waals surface area contributed by atoms with E-state index in [2.05, 4.69) is 20.8 Å². The molecule has 0 spiro atoms. The molecule has 2 unspecified atom stereocenters. The SMILES string of the molecule is CC(CNC(=O)NC(C)c1cn[nH]c1)CC(=O)O. The second-order valence-electron chi connectivity index (χ2n) is 4.31. The highest BCUT2D eigenvalue weighted by Crippen LogP contribution is 2.08. The molecule has 1 aromatic rings. The van der Waals surface area contributed by atoms with Crippen LogP contribution in [-0.2, 0) is 4.79 Å². The lowest BCUT2D eigenvalue weighted by Gasteiger charge is -2.15. The number of carbonyl (C=O) groups is 2. The van der Waals surface area contributed by atoms with Crippen molar-refractivity contribution in [3.8, 4) is 0 Å². The van der Waals surface area contributed by atoms with Gasteiger partial charge < -0.3 is 15.7 Å². The molecule has 1 heterocycles. The Morgan fingerprint density at radius 1 is 1.50 bits per heavy atom. The molecule has 100 valence electrons. The van der Waals surface area contributed by atoms with Crippen molar-refractivity contribution in [3.05, 3.63) is 18.0 Å². The van der Waals surface area contributed by atoms with Crippen LogP contribution in [0.25, 0.3) is 0 Å². The maximum absolute atomic E-state index is 11.5. The number of nitrogens with zero attached hydrogens (tertiary/aromatic N) is 1. The van der Waals surface area contributed by atoms with Crippen molar-refractivity contribution in [2.45, 2.75) is 26.3 Å². The first-order chi connectivity index (χ1) is 8.49. The summed E-state index contributed by atoms with van der Waals surface area (Å²) in [5, 5.41) is 20.4. The van der Waals surface area contributed by atoms with E-state index in [-0.39, 0.29) is 24.4 Å². The lowest BCUT2D eigenvalue weighted by atomic mass is 10.1. The Kier molecular flexibility index (Phi) is 5.16. The van der Waals surface area contributed by atoms with Crippen LogP contribution in [0.1, 0.15) is 31.9 Å². The van der Waals surface area contributed by atoms with Crippen molar-refractivity contribution in [1.29, 1.82) is 0 Å². The Balaban J connectivity index is 2.27. The number of carboxylic acid groups (broad SMARTS) is 1. The molecule has 7 heteroatoms. The highest BCUT2D eigenvalue weighted by atomic mass is 16.4. The zero-order chi connectivity index (χ0) is 13.5. The van der Waals surface area contributed by atoms with Crippen LogP contribution in [0.2, 0.25) is 0 Å². The van der Waals surface area contributed by atoms with Gasteiger partial charge in [0.2, 0.25) is 0 Å². The van der Waals surface area contributed by atoms with E-state index in [1.165, 1.54) is 0 Å². The highest BCUT2D eigenvalue weighted by molar-refractivity contribution is 5.74. The Labute approximate surface area is 105 Å². The molecule has 0 fully saturated rings. The number of carbonyl (C=O) groups excluding carboxylic acids is 1. The van der Waals surface area contributed by atoms with Crippen molar-refractivity contribution in [2.75, 3.05) is 6.54 Å². The number of carboxylic acids is 1. The third-order valence-electron chi connectivity index (χ3n) is 2.50. The third-order valence-corrected chi connectivity index (χ3v) is 2.50. The highest BCUT2D eigenvalue weighted by Gasteiger charge is 2.12. The number of hydrogen-bond donors (Lipinski definition) is 4. The molecule has 0 radical (unpaired) electrons. The molecule has 0 aromatic carbocycles. The van der Waals surface area contributed by atoms with Gasteiger partial charge in [0, 0.05) is 24.7 Å². The van der Waals surface area contributed by atoms with Gasteiger partial charge in [-0.1, -0.05) is 6.92 Å². The van der Waals surface area contributed by atoms with E-state index < -0.39 is 5.97 Å². The van der Waals surface area contributed by atoms with Crippen LogP contribution in [0, 0.1) is 5.92 Å². The van der Waals surface area contributed by atoms with E-state index in [1.54, 1.807) is 19.3 Å². The summed E-state index contributed by atoms with van der Waals surface area (Å²) in [5.41, 5.74) is 0.878. The van der Waals surface area contributed by atoms with Crippen LogP contribution in [-0.4, -0.2) is 33.8 Å². The van der Waals surface area contributed by atoms with Crippen LogP contribution >= 0.6 is 0 Å². The smallest absolute Gasteiger partial charge is 0.315 e. The molecule has 0 aliphatic rings. The average molecular weight is 254 g/mol. The Hall–Kier alpha value is -2.05. The molecule has 0 aliphatic carbocycles. The van der Waals surface area contributed by atoms with Crippen molar-refractivity contribution in [2.24, 2.45) is 5.92 Å². The molecule has 0 saturated carbocycles. The number of aromatic amines is 1. The summed E-state index contributed by atoms with van der Waals surface area (Å²) in [6.45, 7) is 3.94. The van der Waals surface area contributed by atoms with Crippen molar-refractivity contribution in [1.82, 2.24) is 20.8 Å². The molecular formula is C11H18N4O3. The lowest BCUT2D eigenvalue weighted by molar-refractivity contribution is -0.137. The minimum atomic E-state index is -0.864. The number of urea groups is 1. The minimum Gasteiger partial charge on any atom is -0.481 e. The quantitative estimate of drug-likeness (QED) is 0.604. The molecule has 18 heavy (non-hydrogen) atoms. The van der Waals surface area contributed by atoms with Crippen LogP contribution in [0.3, 0.4) is 0 Å². The van der Waals surface area contributed by atoms with Gasteiger partial charge in [-0.15, -0.1) is 0 Å². The predicted octanol–water partition coefficient (Wildman–Crippen LogP) is 0.881. The molecule has 0 aliphatic heterocycles. The number of nitrogens with one attached hydrogen (secondary N) is 3. The molecular weight excluding hydrogens is 236 g/mol. The number of rotatable bonds is 6. The van der Waals surface area contributed by atoms with Gasteiger partial charge in [-0.25, -0.2) is 4.79 Å². The zero-order valence-corrected chi connectivity index (χ0v) is 10.4. The van der Waals surface area contributed by atoms with Gasteiger partial charge in [0.25, 0.3) is 0 Å². The second-order valence-corrected chi connectivity index (χ2v) is 4.31. The summed E-state index contributed by atoms with van der Waals surface area (Å²) in [4.78, 5) is 22.0. The molecule has 7 nitrogen and oxygen atoms in total. The standard InChI is InChI=1S/C11H18N4O3/c1-7(3-10(16)17)4-12-11(18)15-8(2)9-5-13-14-6-9/h5-8H,3-4H2,1-2H3,(H,13,14)(H,16,17)(H2,12,15,18). The zero-order valence-electron chi connectivity index (χ0n) is 10.4. The van der Waals surface area contributed by atoms with Crippen molar-refractivity contribution < 1.29 is 14.7 Å². The number of aromatic nitrogens is 2. The fourth-order valence-corrected chi connectivity index (χ4v) is 1.47. The summed E-state index contributed by atoms with van der Waals surface area (Å²) in [6, 6.07) is -0.473. The summed E-state index contributed by atoms with van der Waals surface area (Å²) in [5.74, 6) is -0.964. The van der Waals surface area contributed by atoms with E-state index in [1.807, 2.05) is 6.92 Å². The van der Waals surface area contributed by atoms with Crippen LogP contribution < -0.4 is 10.6 Å². The lowest BCUT2D eigenvalue weighted by Crippen LogP contribution is -2.39. The first kappa shape index (κ1) is 14.0. The molecule has 0 saturated heterocycles. The molecule has 0 bridgehead atoms. The van der Waals surface area contributed by atoms with E-state index >= 15 is 0 Å². The van der Waals surface area contributed by atoms with E-state index in [4.69, 9.17) is 5.11 Å². The minimum absolute atomic E-state index is 0.0393. The maximum Gasteiger partial charge on any atom is 0.315 e. The van der Waals surface area contributed by atoms with Gasteiger partial charge in [-0.3, -0.25) is 9.89 Å². The Morgan fingerprint density at radius 2 is 2.22 bits per heavy atom. The van der Waals surface area contributed by atoms with Gasteiger partial charge in [0.15, 0.2) is 0 Å². The topological polar surface area (TPSA) is 107 Å². The number of aliphatic carboxylic acids is 1. The monoisotopic (exact) mass is 254 g/mol. The first-order valence-electron chi connectivity index (χ1n) is 5.74. The summed E-state index contributed by atoms with van der Waals surface area (Å²) in [7, 11) is 0. The van der Waals surface area contributed by atoms with E-state index in [9.17, 15) is 9.59 Å². The van der Waals surface area contributed by atoms with Crippen molar-refractivity contribution >= 4 is 12.0 Å². The van der Waals surface area contributed by atoms with Crippen LogP contribution in [0.15, 0.2) is 12.4 Å². The molecule has 1 aromatic heterocycles. The normalized spacial score (nSPS) is 13.7. The van der Waals surface area contributed by atoms with E-state index in [0.29, 0.717) is 6.54 Å². The third kappa shape index (κ3) is 4.86. The van der Waals surface area contributed by atoms with Crippen LogP contribution in [0.5, 0.6) is 0 Å². The maximum atomic E-state index is 11.5. The first-order valence-corrected chi connectivity index (χ1v) is 5.74. The Morgan fingerprint density at radius 3 is 2.78 bits per heavy atom. The number of H-pyrrole nitrogens is 1. The van der Waals surface area contributed by atoms with Gasteiger partial charge >= 0.3 is 12.0 Å². The van der Waals surface area contributed by atoms with E-state index in [0.717, 1.165) is 5.56 Å². The average Bonchev–Trinajstić information content (AvgIpc) is 2.78. The van der Waals surface area contributed by atoms with Gasteiger partial charge in [-0.2, -0.15) is 5.10 Å². The number of hydrogen-bond acceptors (Lipinski definition) is 3. The van der Waals surface area contributed by atoms with Crippen molar-refractivity contribution in [3.63, 3.8) is 0 Å². The second kappa shape index (κ2) is 6.63. The van der Waals surface area contributed by atoms with Gasteiger partial charge in [0.05, 0.1) is 12.2 Å². The van der Waals surface area contributed by atoms with Gasteiger partial charge in [-0.05, 0) is 12.8 Å². The summed E-state index contributed by atoms with van der Waals surface area (Å²) in [6.07, 6.45) is 3.38. The van der Waals surface area contributed by atoms with Gasteiger partial charge in [0.1, 0.15) is 0 Å². The molecule has 2 atom stereocenters. The molecule has 2 amide bonds. The molecule has 4 N–H and O–H groups in total. The van der Waals surface area contributed by atoms with Crippen LogP contribution in [0.4, 0.5) is 4.79 Å².